The maximum atomic E-state index is 9.89. The summed E-state index contributed by atoms with van der Waals surface area (Å²) in [6.45, 7) is 1.69. The van der Waals surface area contributed by atoms with Crippen molar-refractivity contribution in [2.45, 2.75) is 12.1 Å². The van der Waals surface area contributed by atoms with Gasteiger partial charge in [0, 0.05) is 18.0 Å². The third-order valence-electron chi connectivity index (χ3n) is 4.36. The number of fused-ring (bicyclic) bond motifs is 3. The number of hydrogen-bond donors (Lipinski definition) is 2. The van der Waals surface area contributed by atoms with Crippen LogP contribution in [0.2, 0.25) is 0 Å². The molecular formula is C16H18N2O2S. The number of aliphatic hydroxyl groups excluding tert-OH is 1. The molecule has 110 valence electrons. The van der Waals surface area contributed by atoms with Crippen LogP contribution < -0.4 is 5.32 Å². The van der Waals surface area contributed by atoms with E-state index >= 15 is 0 Å². The summed E-state index contributed by atoms with van der Waals surface area (Å²) in [5, 5.41) is 18.7. The lowest BCUT2D eigenvalue weighted by atomic mass is 9.91. The number of anilines is 1. The first-order valence-corrected chi connectivity index (χ1v) is 8.15. The Morgan fingerprint density at radius 2 is 2.19 bits per heavy atom. The summed E-state index contributed by atoms with van der Waals surface area (Å²) >= 11 is 1.74. The molecule has 1 fully saturated rings. The summed E-state index contributed by atoms with van der Waals surface area (Å²) in [4.78, 5) is 5.97. The van der Waals surface area contributed by atoms with Crippen molar-refractivity contribution in [3.63, 3.8) is 0 Å². The molecule has 2 N–H and O–H groups in total. The van der Waals surface area contributed by atoms with Gasteiger partial charge in [0.25, 0.3) is 0 Å². The zero-order valence-electron chi connectivity index (χ0n) is 11.6. The standard InChI is InChI=1S/C16H18N2O2S/c19-9-14(11-4-2-1-3-5-11)18-15-12(10-20-18)8-17-16-13(15)6-7-21-16/h1-7,12,14-15,17,19H,8-10H2/t12-,14+,15+/m1/s1. The van der Waals surface area contributed by atoms with Crippen LogP contribution in [0.15, 0.2) is 41.8 Å². The Kier molecular flexibility index (Phi) is 3.43. The van der Waals surface area contributed by atoms with Crippen LogP contribution in [0.1, 0.15) is 23.2 Å². The van der Waals surface area contributed by atoms with Crippen molar-refractivity contribution in [2.24, 2.45) is 5.92 Å². The van der Waals surface area contributed by atoms with Crippen molar-refractivity contribution in [3.8, 4) is 0 Å². The zero-order valence-corrected chi connectivity index (χ0v) is 12.4. The van der Waals surface area contributed by atoms with Crippen molar-refractivity contribution in [1.82, 2.24) is 5.06 Å². The average Bonchev–Trinajstić information content (AvgIpc) is 3.15. The highest BCUT2D eigenvalue weighted by molar-refractivity contribution is 7.14. The number of rotatable bonds is 3. The molecule has 4 nitrogen and oxygen atoms in total. The van der Waals surface area contributed by atoms with Gasteiger partial charge in [-0.25, -0.2) is 0 Å². The minimum Gasteiger partial charge on any atom is -0.394 e. The monoisotopic (exact) mass is 302 g/mol. The van der Waals surface area contributed by atoms with Gasteiger partial charge in [-0.2, -0.15) is 5.06 Å². The number of benzene rings is 1. The molecule has 1 saturated heterocycles. The number of nitrogens with zero attached hydrogens (tertiary/aromatic N) is 1. The minimum absolute atomic E-state index is 0.0557. The SMILES string of the molecule is OC[C@@H](c1ccccc1)N1OC[C@H]2CNc3sccc3[C@H]21. The fraction of sp³-hybridized carbons (Fsp3) is 0.375. The number of hydroxylamine groups is 2. The molecule has 0 unspecified atom stereocenters. The van der Waals surface area contributed by atoms with Crippen LogP contribution in [0, 0.1) is 5.92 Å². The van der Waals surface area contributed by atoms with Crippen molar-refractivity contribution in [2.75, 3.05) is 25.1 Å². The molecule has 3 heterocycles. The first-order chi connectivity index (χ1) is 10.4. The van der Waals surface area contributed by atoms with E-state index < -0.39 is 0 Å². The topological polar surface area (TPSA) is 44.7 Å². The van der Waals surface area contributed by atoms with Crippen LogP contribution in [0.3, 0.4) is 0 Å². The van der Waals surface area contributed by atoms with Gasteiger partial charge < -0.3 is 10.4 Å². The summed E-state index contributed by atoms with van der Waals surface area (Å²) in [7, 11) is 0. The van der Waals surface area contributed by atoms with Crippen molar-refractivity contribution in [1.29, 1.82) is 0 Å². The molecular weight excluding hydrogens is 284 g/mol. The van der Waals surface area contributed by atoms with Crippen LogP contribution in [0.25, 0.3) is 0 Å². The number of hydrogen-bond acceptors (Lipinski definition) is 5. The van der Waals surface area contributed by atoms with E-state index in [4.69, 9.17) is 4.84 Å². The zero-order chi connectivity index (χ0) is 14.2. The summed E-state index contributed by atoms with van der Waals surface area (Å²) < 4.78 is 0. The Labute approximate surface area is 127 Å². The van der Waals surface area contributed by atoms with E-state index in [9.17, 15) is 5.11 Å². The van der Waals surface area contributed by atoms with Crippen LogP contribution in [-0.2, 0) is 4.84 Å². The lowest BCUT2D eigenvalue weighted by Crippen LogP contribution is -2.35. The van der Waals surface area contributed by atoms with Crippen molar-refractivity contribution in [3.05, 3.63) is 52.9 Å². The third-order valence-corrected chi connectivity index (χ3v) is 5.25. The second-order valence-corrected chi connectivity index (χ2v) is 6.47. The van der Waals surface area contributed by atoms with Crippen LogP contribution in [-0.4, -0.2) is 29.9 Å². The molecule has 3 atom stereocenters. The van der Waals surface area contributed by atoms with Gasteiger partial charge in [0.05, 0.1) is 30.3 Å². The molecule has 2 aliphatic rings. The Hall–Kier alpha value is -1.40. The van der Waals surface area contributed by atoms with Gasteiger partial charge in [0.2, 0.25) is 0 Å². The third kappa shape index (κ3) is 2.17. The van der Waals surface area contributed by atoms with Gasteiger partial charge in [0.15, 0.2) is 0 Å². The molecule has 2 aliphatic heterocycles. The highest BCUT2D eigenvalue weighted by Crippen LogP contribution is 2.47. The normalized spacial score (nSPS) is 26.0. The number of nitrogens with one attached hydrogen (secondary N) is 1. The van der Waals surface area contributed by atoms with Crippen LogP contribution in [0.4, 0.5) is 5.00 Å². The average molecular weight is 302 g/mol. The number of thiophene rings is 1. The summed E-state index contributed by atoms with van der Waals surface area (Å²) in [6, 6.07) is 12.4. The summed E-state index contributed by atoms with van der Waals surface area (Å²) in [5.41, 5.74) is 2.39. The first-order valence-electron chi connectivity index (χ1n) is 7.27. The van der Waals surface area contributed by atoms with Crippen molar-refractivity contribution >= 4 is 16.3 Å². The van der Waals surface area contributed by atoms with Gasteiger partial charge in [-0.1, -0.05) is 30.3 Å². The largest absolute Gasteiger partial charge is 0.394 e. The summed E-state index contributed by atoms with van der Waals surface area (Å²) in [6.07, 6.45) is 0. The second-order valence-electron chi connectivity index (χ2n) is 5.56. The number of aliphatic hydroxyl groups is 1. The molecule has 1 aromatic heterocycles. The molecule has 0 radical (unpaired) electrons. The Morgan fingerprint density at radius 3 is 3.00 bits per heavy atom. The van der Waals surface area contributed by atoms with E-state index in [0.717, 1.165) is 12.1 Å². The maximum Gasteiger partial charge on any atom is 0.0932 e. The molecule has 1 aromatic carbocycles. The Morgan fingerprint density at radius 1 is 1.33 bits per heavy atom. The fourth-order valence-electron chi connectivity index (χ4n) is 3.33. The molecule has 5 heteroatoms. The van der Waals surface area contributed by atoms with Gasteiger partial charge >= 0.3 is 0 Å². The van der Waals surface area contributed by atoms with Gasteiger partial charge in [0.1, 0.15) is 0 Å². The molecule has 2 aromatic rings. The highest BCUT2D eigenvalue weighted by Gasteiger charge is 2.44. The molecule has 0 bridgehead atoms. The smallest absolute Gasteiger partial charge is 0.0932 e. The Balaban J connectivity index is 1.70. The predicted molar refractivity (Wildman–Crippen MR) is 83.1 cm³/mol. The molecule has 21 heavy (non-hydrogen) atoms. The predicted octanol–water partition coefficient (Wildman–Crippen LogP) is 2.81. The maximum absolute atomic E-state index is 9.89. The minimum atomic E-state index is -0.118. The fourth-order valence-corrected chi connectivity index (χ4v) is 4.18. The second kappa shape index (κ2) is 5.42. The molecule has 0 aliphatic carbocycles. The van der Waals surface area contributed by atoms with E-state index in [-0.39, 0.29) is 18.7 Å². The van der Waals surface area contributed by atoms with Crippen molar-refractivity contribution < 1.29 is 9.94 Å². The molecule has 4 rings (SSSR count). The lowest BCUT2D eigenvalue weighted by Gasteiger charge is -2.34. The Bertz CT molecular complexity index is 616. The van der Waals surface area contributed by atoms with E-state index in [2.05, 4.69) is 16.8 Å². The van der Waals surface area contributed by atoms with Crippen LogP contribution in [0.5, 0.6) is 0 Å². The van der Waals surface area contributed by atoms with Crippen LogP contribution >= 0.6 is 11.3 Å². The quantitative estimate of drug-likeness (QED) is 0.915. The highest BCUT2D eigenvalue weighted by atomic mass is 32.1. The first kappa shape index (κ1) is 13.3. The molecule has 0 spiro atoms. The summed E-state index contributed by atoms with van der Waals surface area (Å²) in [5.74, 6) is 0.435. The van der Waals surface area contributed by atoms with Gasteiger partial charge in [-0.15, -0.1) is 11.3 Å². The molecule has 0 amide bonds. The van der Waals surface area contributed by atoms with Gasteiger partial charge in [-0.3, -0.25) is 4.84 Å². The molecule has 0 saturated carbocycles. The van der Waals surface area contributed by atoms with E-state index in [1.807, 2.05) is 35.4 Å². The van der Waals surface area contributed by atoms with E-state index in [1.54, 1.807) is 11.3 Å². The van der Waals surface area contributed by atoms with E-state index in [0.29, 0.717) is 12.5 Å². The lowest BCUT2D eigenvalue weighted by molar-refractivity contribution is -0.174. The van der Waals surface area contributed by atoms with E-state index in [1.165, 1.54) is 10.6 Å². The van der Waals surface area contributed by atoms with Gasteiger partial charge in [-0.05, 0) is 17.0 Å².